The van der Waals surface area contributed by atoms with Crippen LogP contribution in [-0.4, -0.2) is 69.3 Å². The summed E-state index contributed by atoms with van der Waals surface area (Å²) >= 11 is 0. The molecule has 5 rings (SSSR count). The molecule has 34 heavy (non-hydrogen) atoms. The number of aromatic nitrogens is 3. The van der Waals surface area contributed by atoms with E-state index in [4.69, 9.17) is 0 Å². The number of aromatic carboxylic acids is 1. The molecular weight excluding hydrogens is 443 g/mol. The predicted molar refractivity (Wildman–Crippen MR) is 122 cm³/mol. The first-order valence-corrected chi connectivity index (χ1v) is 11.1. The molecule has 0 unspecified atom stereocenters. The summed E-state index contributed by atoms with van der Waals surface area (Å²) in [6.45, 7) is 2.61. The number of carboxylic acids is 1. The Kier molecular flexibility index (Phi) is 5.70. The number of carbonyl (C=O) groups excluding carboxylic acids is 1. The van der Waals surface area contributed by atoms with E-state index in [-0.39, 0.29) is 28.6 Å². The molecule has 2 aliphatic rings. The van der Waals surface area contributed by atoms with Gasteiger partial charge in [0.05, 0.1) is 24.1 Å². The molecule has 10 nitrogen and oxygen atoms in total. The first-order valence-electron chi connectivity index (χ1n) is 11.1. The van der Waals surface area contributed by atoms with Crippen LogP contribution in [0.25, 0.3) is 10.9 Å². The van der Waals surface area contributed by atoms with E-state index >= 15 is 4.39 Å². The highest BCUT2D eigenvalue weighted by molar-refractivity contribution is 5.94. The molecule has 176 valence electrons. The lowest BCUT2D eigenvalue weighted by molar-refractivity contribution is 0.0694. The van der Waals surface area contributed by atoms with Gasteiger partial charge in [-0.15, -0.1) is 0 Å². The summed E-state index contributed by atoms with van der Waals surface area (Å²) in [6, 6.07) is 2.93. The largest absolute Gasteiger partial charge is 0.477 e. The number of nitrogens with zero attached hydrogens (tertiary/aromatic N) is 5. The number of carboxylic acid groups (broad SMARTS) is 1. The van der Waals surface area contributed by atoms with E-state index in [0.717, 1.165) is 18.9 Å². The molecule has 2 fully saturated rings. The third-order valence-electron chi connectivity index (χ3n) is 6.24. The summed E-state index contributed by atoms with van der Waals surface area (Å²) in [7, 11) is 0. The van der Waals surface area contributed by atoms with E-state index in [9.17, 15) is 19.5 Å². The van der Waals surface area contributed by atoms with Gasteiger partial charge in [-0.3, -0.25) is 19.5 Å². The van der Waals surface area contributed by atoms with Gasteiger partial charge in [-0.1, -0.05) is 0 Å². The van der Waals surface area contributed by atoms with Crippen molar-refractivity contribution in [2.24, 2.45) is 0 Å². The molecule has 0 radical (unpaired) electrons. The number of amides is 1. The summed E-state index contributed by atoms with van der Waals surface area (Å²) in [4.78, 5) is 48.1. The SMILES string of the molecule is O=C(NCN1CCN(c2cc3c(cc2F)c(=O)c(C(=O)O)cn3C2CC2)CC1)c1cnccn1. The molecule has 3 aromatic rings. The maximum atomic E-state index is 15.1. The minimum Gasteiger partial charge on any atom is -0.477 e. The summed E-state index contributed by atoms with van der Waals surface area (Å²) in [6.07, 6.45) is 7.51. The third-order valence-corrected chi connectivity index (χ3v) is 6.24. The Hall–Kier alpha value is -3.86. The van der Waals surface area contributed by atoms with Gasteiger partial charge in [-0.05, 0) is 25.0 Å². The van der Waals surface area contributed by atoms with Crippen molar-refractivity contribution in [2.45, 2.75) is 18.9 Å². The second-order valence-corrected chi connectivity index (χ2v) is 8.50. The molecule has 1 amide bonds. The average molecular weight is 466 g/mol. The maximum absolute atomic E-state index is 15.1. The van der Waals surface area contributed by atoms with Crippen molar-refractivity contribution in [2.75, 3.05) is 37.7 Å². The Morgan fingerprint density at radius 1 is 1.15 bits per heavy atom. The van der Waals surface area contributed by atoms with Gasteiger partial charge in [0.1, 0.15) is 17.1 Å². The number of pyridine rings is 1. The van der Waals surface area contributed by atoms with Crippen molar-refractivity contribution < 1.29 is 19.1 Å². The molecule has 1 aromatic carbocycles. The van der Waals surface area contributed by atoms with Crippen LogP contribution < -0.4 is 15.6 Å². The number of rotatable bonds is 6. The van der Waals surface area contributed by atoms with Gasteiger partial charge in [0.25, 0.3) is 5.91 Å². The highest BCUT2D eigenvalue weighted by Crippen LogP contribution is 2.38. The van der Waals surface area contributed by atoms with Crippen molar-refractivity contribution in [3.63, 3.8) is 0 Å². The lowest BCUT2D eigenvalue weighted by Gasteiger charge is -2.36. The number of piperazine rings is 1. The van der Waals surface area contributed by atoms with Crippen LogP contribution in [0, 0.1) is 5.82 Å². The Labute approximate surface area is 193 Å². The molecule has 0 bridgehead atoms. The summed E-state index contributed by atoms with van der Waals surface area (Å²) in [5.74, 6) is -2.18. The first kappa shape index (κ1) is 22.0. The molecule has 2 N–H and O–H groups in total. The molecule has 2 aromatic heterocycles. The van der Waals surface area contributed by atoms with E-state index in [0.29, 0.717) is 44.1 Å². The van der Waals surface area contributed by atoms with Crippen molar-refractivity contribution in [1.29, 1.82) is 0 Å². The van der Waals surface area contributed by atoms with E-state index < -0.39 is 17.2 Å². The average Bonchev–Trinajstić information content (AvgIpc) is 3.69. The van der Waals surface area contributed by atoms with Crippen molar-refractivity contribution in [3.8, 4) is 0 Å². The predicted octanol–water partition coefficient (Wildman–Crippen LogP) is 1.47. The fourth-order valence-corrected chi connectivity index (χ4v) is 4.25. The van der Waals surface area contributed by atoms with Crippen LogP contribution in [0.4, 0.5) is 10.1 Å². The standard InChI is InChI=1S/C23H23FN6O4/c24-17-9-15-19(30(14-1-2-14)12-16(21(15)31)23(33)34)10-20(17)29-7-5-28(6-8-29)13-27-22(32)18-11-25-3-4-26-18/h3-4,9-12,14H,1-2,5-8,13H2,(H,27,32)(H,33,34). The zero-order valence-corrected chi connectivity index (χ0v) is 18.3. The highest BCUT2D eigenvalue weighted by atomic mass is 19.1. The van der Waals surface area contributed by atoms with Crippen molar-refractivity contribution in [3.05, 3.63) is 64.2 Å². The second-order valence-electron chi connectivity index (χ2n) is 8.50. The van der Waals surface area contributed by atoms with Crippen LogP contribution in [0.15, 0.2) is 41.7 Å². The Balaban J connectivity index is 1.32. The zero-order chi connectivity index (χ0) is 23.8. The molecule has 1 saturated carbocycles. The Morgan fingerprint density at radius 2 is 1.91 bits per heavy atom. The Bertz CT molecular complexity index is 1320. The summed E-state index contributed by atoms with van der Waals surface area (Å²) < 4.78 is 16.9. The van der Waals surface area contributed by atoms with E-state index in [2.05, 4.69) is 15.3 Å². The van der Waals surface area contributed by atoms with Crippen LogP contribution in [0.3, 0.4) is 0 Å². The van der Waals surface area contributed by atoms with E-state index in [1.54, 1.807) is 10.6 Å². The van der Waals surface area contributed by atoms with Crippen LogP contribution in [-0.2, 0) is 0 Å². The topological polar surface area (TPSA) is 121 Å². The van der Waals surface area contributed by atoms with Gasteiger partial charge in [0.15, 0.2) is 0 Å². The molecular formula is C23H23FN6O4. The van der Waals surface area contributed by atoms with Crippen LogP contribution >= 0.6 is 0 Å². The van der Waals surface area contributed by atoms with Gasteiger partial charge in [0.2, 0.25) is 5.43 Å². The number of hydrogen-bond donors (Lipinski definition) is 2. The molecule has 0 spiro atoms. The highest BCUT2D eigenvalue weighted by Gasteiger charge is 2.28. The maximum Gasteiger partial charge on any atom is 0.341 e. The monoisotopic (exact) mass is 466 g/mol. The van der Waals surface area contributed by atoms with Gasteiger partial charge < -0.3 is 19.9 Å². The van der Waals surface area contributed by atoms with Gasteiger partial charge in [-0.25, -0.2) is 14.2 Å². The zero-order valence-electron chi connectivity index (χ0n) is 18.3. The molecule has 1 aliphatic heterocycles. The number of benzene rings is 1. The quantitative estimate of drug-likeness (QED) is 0.560. The fourth-order valence-electron chi connectivity index (χ4n) is 4.25. The number of fused-ring (bicyclic) bond motifs is 1. The van der Waals surface area contributed by atoms with Crippen LogP contribution in [0.5, 0.6) is 0 Å². The van der Waals surface area contributed by atoms with E-state index in [1.165, 1.54) is 24.8 Å². The van der Waals surface area contributed by atoms with Crippen molar-refractivity contribution >= 4 is 28.5 Å². The van der Waals surface area contributed by atoms with Crippen LogP contribution in [0.1, 0.15) is 39.7 Å². The number of halogens is 1. The fraction of sp³-hybridized carbons (Fsp3) is 0.348. The number of carbonyl (C=O) groups is 2. The minimum atomic E-state index is -1.31. The first-order chi connectivity index (χ1) is 16.4. The summed E-state index contributed by atoms with van der Waals surface area (Å²) in [5.41, 5.74) is 0.157. The third kappa shape index (κ3) is 4.21. The van der Waals surface area contributed by atoms with E-state index in [1.807, 2.05) is 9.80 Å². The molecule has 3 heterocycles. The normalized spacial score (nSPS) is 16.6. The summed E-state index contributed by atoms with van der Waals surface area (Å²) in [5, 5.41) is 12.3. The smallest absolute Gasteiger partial charge is 0.341 e. The van der Waals surface area contributed by atoms with Crippen LogP contribution in [0.2, 0.25) is 0 Å². The molecule has 0 atom stereocenters. The lowest BCUT2D eigenvalue weighted by atomic mass is 10.1. The second kappa shape index (κ2) is 8.82. The van der Waals surface area contributed by atoms with Gasteiger partial charge in [-0.2, -0.15) is 0 Å². The minimum absolute atomic E-state index is 0.0819. The Morgan fingerprint density at radius 3 is 2.56 bits per heavy atom. The molecule has 1 aliphatic carbocycles. The number of nitrogens with one attached hydrogen (secondary N) is 1. The molecule has 1 saturated heterocycles. The molecule has 11 heteroatoms. The number of anilines is 1. The lowest BCUT2D eigenvalue weighted by Crippen LogP contribution is -2.50. The van der Waals surface area contributed by atoms with Gasteiger partial charge in [0, 0.05) is 56.2 Å². The van der Waals surface area contributed by atoms with Gasteiger partial charge >= 0.3 is 5.97 Å². The van der Waals surface area contributed by atoms with Crippen molar-refractivity contribution in [1.82, 2.24) is 24.8 Å². The number of hydrogen-bond acceptors (Lipinski definition) is 7.